The monoisotopic (exact) mass is 347 g/mol. The summed E-state index contributed by atoms with van der Waals surface area (Å²) < 4.78 is 5.91. The Hall–Kier alpha value is -1.33. The molecule has 2 fully saturated rings. The number of thiocarbonyl (C=S) groups is 1. The molecule has 1 saturated carbocycles. The summed E-state index contributed by atoms with van der Waals surface area (Å²) in [6.07, 6.45) is 14.8. The largest absolute Gasteiger partial charge is 0.465 e. The van der Waals surface area contributed by atoms with Crippen LogP contribution >= 0.6 is 24.0 Å². The van der Waals surface area contributed by atoms with Crippen molar-refractivity contribution < 1.29 is 9.21 Å². The number of furan rings is 1. The Kier molecular flexibility index (Phi) is 5.73. The van der Waals surface area contributed by atoms with Crippen molar-refractivity contribution in [1.29, 1.82) is 0 Å². The first kappa shape index (κ1) is 16.5. The first-order valence-electron chi connectivity index (χ1n) is 8.19. The maximum atomic E-state index is 12.5. The van der Waals surface area contributed by atoms with E-state index in [1.54, 1.807) is 11.2 Å². The molecule has 0 radical (unpaired) electrons. The quantitative estimate of drug-likeness (QED) is 0.554. The van der Waals surface area contributed by atoms with Crippen LogP contribution in [0.3, 0.4) is 0 Å². The summed E-state index contributed by atoms with van der Waals surface area (Å²) in [4.78, 5) is 14.9. The lowest BCUT2D eigenvalue weighted by atomic mass is 9.87. The van der Waals surface area contributed by atoms with E-state index in [1.165, 1.54) is 43.9 Å². The average Bonchev–Trinajstić information content (AvgIpc) is 3.16. The highest BCUT2D eigenvalue weighted by Gasteiger charge is 2.31. The molecule has 0 atom stereocenters. The Balaban J connectivity index is 1.56. The minimum atomic E-state index is 0.0416. The maximum absolute atomic E-state index is 12.5. The maximum Gasteiger partial charge on any atom is 0.266 e. The molecule has 1 aliphatic heterocycles. The fourth-order valence-electron chi connectivity index (χ4n) is 3.11. The number of allylic oxidation sites excluding steroid dienone is 2. The molecule has 3 nitrogen and oxygen atoms in total. The van der Waals surface area contributed by atoms with Crippen molar-refractivity contribution in [3.8, 4) is 0 Å². The van der Waals surface area contributed by atoms with Crippen LogP contribution in [-0.4, -0.2) is 21.7 Å². The molecule has 0 N–H and O–H groups in total. The second-order valence-corrected chi connectivity index (χ2v) is 7.70. The van der Waals surface area contributed by atoms with Gasteiger partial charge in [-0.3, -0.25) is 9.69 Å². The van der Waals surface area contributed by atoms with Crippen molar-refractivity contribution in [1.82, 2.24) is 4.90 Å². The Morgan fingerprint density at radius 2 is 2.17 bits per heavy atom. The van der Waals surface area contributed by atoms with Crippen LogP contribution in [0.2, 0.25) is 0 Å². The van der Waals surface area contributed by atoms with Gasteiger partial charge in [0.15, 0.2) is 0 Å². The first-order chi connectivity index (χ1) is 11.2. The van der Waals surface area contributed by atoms with E-state index in [0.717, 1.165) is 24.6 Å². The van der Waals surface area contributed by atoms with Crippen LogP contribution < -0.4 is 0 Å². The Morgan fingerprint density at radius 3 is 2.91 bits per heavy atom. The van der Waals surface area contributed by atoms with Gasteiger partial charge in [0.1, 0.15) is 10.1 Å². The number of thioether (sulfide) groups is 1. The Morgan fingerprint density at radius 1 is 1.35 bits per heavy atom. The lowest BCUT2D eigenvalue weighted by Gasteiger charge is -2.23. The minimum Gasteiger partial charge on any atom is -0.465 e. The molecule has 1 aromatic rings. The normalized spacial score (nSPS) is 21.9. The molecule has 2 aliphatic rings. The van der Waals surface area contributed by atoms with Crippen molar-refractivity contribution in [3.05, 3.63) is 41.2 Å². The van der Waals surface area contributed by atoms with Crippen molar-refractivity contribution in [2.24, 2.45) is 5.92 Å². The second-order valence-electron chi connectivity index (χ2n) is 6.02. The molecule has 0 unspecified atom stereocenters. The summed E-state index contributed by atoms with van der Waals surface area (Å²) in [5.41, 5.74) is 0. The van der Waals surface area contributed by atoms with Crippen LogP contribution in [0.15, 0.2) is 39.9 Å². The number of rotatable bonds is 5. The highest BCUT2D eigenvalue weighted by atomic mass is 32.2. The van der Waals surface area contributed by atoms with Crippen LogP contribution in [0.4, 0.5) is 0 Å². The average molecular weight is 348 g/mol. The second kappa shape index (κ2) is 7.97. The lowest BCUT2D eigenvalue weighted by molar-refractivity contribution is -0.122. The van der Waals surface area contributed by atoms with E-state index in [0.29, 0.717) is 9.23 Å². The SMILES string of the molecule is O=C1/C(=C/C=C/c2ccco2)SC(=S)N1CCC1CCCCC1. The molecule has 122 valence electrons. The summed E-state index contributed by atoms with van der Waals surface area (Å²) in [5.74, 6) is 1.57. The third-order valence-electron chi connectivity index (χ3n) is 4.41. The Labute approximate surface area is 146 Å². The minimum absolute atomic E-state index is 0.0416. The van der Waals surface area contributed by atoms with Gasteiger partial charge in [-0.25, -0.2) is 0 Å². The van der Waals surface area contributed by atoms with Gasteiger partial charge >= 0.3 is 0 Å². The van der Waals surface area contributed by atoms with E-state index >= 15 is 0 Å². The molecule has 0 aromatic carbocycles. The molecular formula is C18H21NO2S2. The zero-order valence-corrected chi connectivity index (χ0v) is 14.7. The first-order valence-corrected chi connectivity index (χ1v) is 9.42. The molecule has 1 saturated heterocycles. The summed E-state index contributed by atoms with van der Waals surface area (Å²) in [7, 11) is 0. The van der Waals surface area contributed by atoms with Gasteiger partial charge in [-0.15, -0.1) is 0 Å². The predicted octanol–water partition coefficient (Wildman–Crippen LogP) is 5.01. The third-order valence-corrected chi connectivity index (χ3v) is 5.81. The molecular weight excluding hydrogens is 326 g/mol. The summed E-state index contributed by atoms with van der Waals surface area (Å²) >= 11 is 6.77. The fraction of sp³-hybridized carbons (Fsp3) is 0.444. The molecule has 1 aromatic heterocycles. The number of hydrogen-bond donors (Lipinski definition) is 0. The fourth-order valence-corrected chi connectivity index (χ4v) is 4.37. The van der Waals surface area contributed by atoms with Crippen LogP contribution in [0.5, 0.6) is 0 Å². The molecule has 2 heterocycles. The molecule has 5 heteroatoms. The lowest BCUT2D eigenvalue weighted by Crippen LogP contribution is -2.30. The molecule has 0 spiro atoms. The highest BCUT2D eigenvalue weighted by molar-refractivity contribution is 8.26. The van der Waals surface area contributed by atoms with Crippen LogP contribution in [0, 0.1) is 5.92 Å². The van der Waals surface area contributed by atoms with Gasteiger partial charge in [0.25, 0.3) is 5.91 Å². The number of carbonyl (C=O) groups excluding carboxylic acids is 1. The number of nitrogens with zero attached hydrogens (tertiary/aromatic N) is 1. The summed E-state index contributed by atoms with van der Waals surface area (Å²) in [5, 5.41) is 0. The predicted molar refractivity (Wildman–Crippen MR) is 98.9 cm³/mol. The van der Waals surface area contributed by atoms with Crippen molar-refractivity contribution >= 4 is 40.3 Å². The van der Waals surface area contributed by atoms with E-state index in [9.17, 15) is 4.79 Å². The van der Waals surface area contributed by atoms with Crippen molar-refractivity contribution in [2.75, 3.05) is 6.54 Å². The molecule has 0 bridgehead atoms. The molecule has 1 amide bonds. The van der Waals surface area contributed by atoms with E-state index in [-0.39, 0.29) is 5.91 Å². The molecule has 1 aliphatic carbocycles. The van der Waals surface area contributed by atoms with Crippen molar-refractivity contribution in [3.63, 3.8) is 0 Å². The van der Waals surface area contributed by atoms with E-state index in [4.69, 9.17) is 16.6 Å². The van der Waals surface area contributed by atoms with Gasteiger partial charge in [0.05, 0.1) is 11.2 Å². The summed E-state index contributed by atoms with van der Waals surface area (Å²) in [6.45, 7) is 0.759. The van der Waals surface area contributed by atoms with E-state index in [2.05, 4.69) is 0 Å². The van der Waals surface area contributed by atoms with Gasteiger partial charge in [-0.1, -0.05) is 62.2 Å². The van der Waals surface area contributed by atoms with Gasteiger partial charge in [0, 0.05) is 6.54 Å². The van der Waals surface area contributed by atoms with Crippen LogP contribution in [0.1, 0.15) is 44.3 Å². The van der Waals surface area contributed by atoms with Gasteiger partial charge in [-0.05, 0) is 36.6 Å². The smallest absolute Gasteiger partial charge is 0.266 e. The zero-order chi connectivity index (χ0) is 16.1. The summed E-state index contributed by atoms with van der Waals surface area (Å²) in [6, 6.07) is 3.71. The number of amides is 1. The molecule has 3 rings (SSSR count). The zero-order valence-electron chi connectivity index (χ0n) is 13.1. The van der Waals surface area contributed by atoms with Gasteiger partial charge < -0.3 is 4.42 Å². The molecule has 23 heavy (non-hydrogen) atoms. The van der Waals surface area contributed by atoms with Crippen LogP contribution in [0.25, 0.3) is 6.08 Å². The third kappa shape index (κ3) is 4.36. The standard InChI is InChI=1S/C18H21NO2S2/c20-17-16(10-4-8-15-9-5-13-21-15)23-18(22)19(17)12-11-14-6-2-1-3-7-14/h4-5,8-10,13-14H,1-3,6-7,11-12H2/b8-4+,16-10-. The Bertz CT molecular complexity index is 613. The van der Waals surface area contributed by atoms with E-state index in [1.807, 2.05) is 30.4 Å². The van der Waals surface area contributed by atoms with E-state index < -0.39 is 0 Å². The number of hydrogen-bond acceptors (Lipinski definition) is 4. The number of carbonyl (C=O) groups is 1. The van der Waals surface area contributed by atoms with Gasteiger partial charge in [0.2, 0.25) is 0 Å². The topological polar surface area (TPSA) is 33.5 Å². The van der Waals surface area contributed by atoms with Gasteiger partial charge in [-0.2, -0.15) is 0 Å². The van der Waals surface area contributed by atoms with Crippen LogP contribution in [-0.2, 0) is 4.79 Å². The van der Waals surface area contributed by atoms with Crippen molar-refractivity contribution in [2.45, 2.75) is 38.5 Å². The highest BCUT2D eigenvalue weighted by Crippen LogP contribution is 2.33.